The van der Waals surface area contributed by atoms with Gasteiger partial charge >= 0.3 is 5.97 Å². The van der Waals surface area contributed by atoms with Crippen molar-refractivity contribution in [1.82, 2.24) is 0 Å². The van der Waals surface area contributed by atoms with Gasteiger partial charge in [0.2, 0.25) is 6.29 Å². The van der Waals surface area contributed by atoms with E-state index in [1.807, 2.05) is 6.92 Å². The van der Waals surface area contributed by atoms with Gasteiger partial charge in [-0.05, 0) is 6.42 Å². The first-order chi connectivity index (χ1) is 14.7. The number of carbonyl (C=O) groups excluding carboxylic acids is 1. The maximum atomic E-state index is 12.3. The predicted octanol–water partition coefficient (Wildman–Crippen LogP) is -3.27. The molecule has 12 heteroatoms. The molecular formula is C18H32O12. The zero-order valence-electron chi connectivity index (χ0n) is 17.6. The number of aliphatic hydroxyl groups is 7. The minimum absolute atomic E-state index is 0.217. The van der Waals surface area contributed by atoms with Gasteiger partial charge in [-0.3, -0.25) is 4.79 Å². The molecule has 0 aliphatic carbocycles. The third-order valence-corrected chi connectivity index (χ3v) is 5.07. The lowest BCUT2D eigenvalue weighted by Crippen LogP contribution is -2.64. The largest absolute Gasteiger partial charge is 0.433 e. The first kappa shape index (κ1) is 23.7. The van der Waals surface area contributed by atoms with Crippen LogP contribution in [0.15, 0.2) is 0 Å². The molecule has 0 bridgehead atoms. The SMILES string of the molecule is [2H]C(CCCC)C(=O)OC1O[C@H](CO)[C@@H](O)[C@H](O)[C@H]1O[C@@H]1O[C@H](CO)[C@@H](O)[C@H](O)[C@H]1O. The molecule has 7 N–H and O–H groups in total. The molecule has 0 aromatic heterocycles. The molecule has 0 aromatic carbocycles. The molecule has 0 radical (unpaired) electrons. The van der Waals surface area contributed by atoms with E-state index in [1.165, 1.54) is 0 Å². The molecule has 0 amide bonds. The number of ether oxygens (including phenoxy) is 4. The molecule has 11 atom stereocenters. The summed E-state index contributed by atoms with van der Waals surface area (Å²) in [7, 11) is 0. The molecule has 2 rings (SSSR count). The molecule has 0 saturated carbocycles. The number of hydrogen-bond donors (Lipinski definition) is 7. The van der Waals surface area contributed by atoms with Crippen molar-refractivity contribution >= 4 is 5.97 Å². The van der Waals surface area contributed by atoms with Crippen molar-refractivity contribution in [2.75, 3.05) is 13.2 Å². The Labute approximate surface area is 175 Å². The van der Waals surface area contributed by atoms with Gasteiger partial charge < -0.3 is 54.7 Å². The molecular weight excluding hydrogens is 408 g/mol. The summed E-state index contributed by atoms with van der Waals surface area (Å²) in [5.74, 6) is -0.985. The van der Waals surface area contributed by atoms with Gasteiger partial charge in [0.25, 0.3) is 0 Å². The van der Waals surface area contributed by atoms with E-state index in [-0.39, 0.29) is 6.42 Å². The normalized spacial score (nSPS) is 43.7. The summed E-state index contributed by atoms with van der Waals surface area (Å²) in [5.41, 5.74) is 0. The van der Waals surface area contributed by atoms with Gasteiger partial charge in [0.05, 0.1) is 13.2 Å². The van der Waals surface area contributed by atoms with Crippen LogP contribution in [0.3, 0.4) is 0 Å². The molecule has 12 nitrogen and oxygen atoms in total. The monoisotopic (exact) mass is 441 g/mol. The van der Waals surface area contributed by atoms with Crippen LogP contribution in [0.2, 0.25) is 0 Å². The van der Waals surface area contributed by atoms with E-state index in [1.54, 1.807) is 0 Å². The molecule has 2 unspecified atom stereocenters. The van der Waals surface area contributed by atoms with E-state index in [9.17, 15) is 40.5 Å². The van der Waals surface area contributed by atoms with Gasteiger partial charge in [-0.2, -0.15) is 0 Å². The Morgan fingerprint density at radius 3 is 2.00 bits per heavy atom. The Hall–Kier alpha value is -0.930. The van der Waals surface area contributed by atoms with E-state index >= 15 is 0 Å². The number of carbonyl (C=O) groups is 1. The summed E-state index contributed by atoms with van der Waals surface area (Å²) in [6.07, 6.45) is -16.0. The van der Waals surface area contributed by atoms with Crippen molar-refractivity contribution in [2.24, 2.45) is 0 Å². The first-order valence-electron chi connectivity index (χ1n) is 10.4. The number of aliphatic hydroxyl groups excluding tert-OH is 7. The number of esters is 1. The smallest absolute Gasteiger partial charge is 0.308 e. The zero-order chi connectivity index (χ0) is 23.3. The summed E-state index contributed by atoms with van der Waals surface area (Å²) in [5, 5.41) is 69.2. The highest BCUT2D eigenvalue weighted by Crippen LogP contribution is 2.29. The van der Waals surface area contributed by atoms with Crippen LogP contribution < -0.4 is 0 Å². The van der Waals surface area contributed by atoms with Gasteiger partial charge in [-0.15, -0.1) is 0 Å². The standard InChI is InChI=1S/C18H32O12/c1-2-3-4-5-10(21)29-18-16(14(25)12(23)9(7-20)28-18)30-17-15(26)13(24)11(22)8(6-19)27-17/h8-9,11-20,22-26H,2-7H2,1H3/t8-,9-,11-,12-,13+,14+,15-,16-,17+,18?/m1/s1/i5D/t5?,8-,9-,11-,12-,13+,14+,15-,16-,17+,18?. The van der Waals surface area contributed by atoms with Crippen molar-refractivity contribution in [3.05, 3.63) is 0 Å². The topological polar surface area (TPSA) is 196 Å². The van der Waals surface area contributed by atoms with E-state index < -0.39 is 87.0 Å². The van der Waals surface area contributed by atoms with E-state index in [0.29, 0.717) is 6.42 Å². The quantitative estimate of drug-likeness (QED) is 0.177. The van der Waals surface area contributed by atoms with E-state index in [4.69, 9.17) is 20.3 Å². The van der Waals surface area contributed by atoms with Crippen LogP contribution in [0, 0.1) is 0 Å². The fraction of sp³-hybridized carbons (Fsp3) is 0.944. The Morgan fingerprint density at radius 2 is 1.43 bits per heavy atom. The van der Waals surface area contributed by atoms with Crippen molar-refractivity contribution in [1.29, 1.82) is 0 Å². The molecule has 2 aliphatic heterocycles. The summed E-state index contributed by atoms with van der Waals surface area (Å²) >= 11 is 0. The lowest BCUT2D eigenvalue weighted by atomic mass is 9.97. The van der Waals surface area contributed by atoms with Gasteiger partial charge in [-0.25, -0.2) is 0 Å². The number of hydrogen-bond acceptors (Lipinski definition) is 12. The molecule has 2 heterocycles. The third-order valence-electron chi connectivity index (χ3n) is 5.07. The molecule has 0 spiro atoms. The van der Waals surface area contributed by atoms with Crippen LogP contribution in [0.25, 0.3) is 0 Å². The fourth-order valence-corrected chi connectivity index (χ4v) is 3.22. The van der Waals surface area contributed by atoms with Crippen LogP contribution in [0.1, 0.15) is 34.0 Å². The highest BCUT2D eigenvalue weighted by atomic mass is 16.8. The Bertz CT molecular complexity index is 566. The molecule has 2 aliphatic rings. The van der Waals surface area contributed by atoms with Crippen LogP contribution >= 0.6 is 0 Å². The van der Waals surface area contributed by atoms with Gasteiger partial charge in [0, 0.05) is 7.77 Å². The van der Waals surface area contributed by atoms with E-state index in [0.717, 1.165) is 6.42 Å². The van der Waals surface area contributed by atoms with Crippen LogP contribution in [-0.2, 0) is 23.7 Å². The molecule has 2 saturated heterocycles. The Balaban J connectivity index is 2.18. The zero-order valence-corrected chi connectivity index (χ0v) is 16.6. The second-order valence-corrected chi connectivity index (χ2v) is 7.29. The third kappa shape index (κ3) is 5.85. The average molecular weight is 441 g/mol. The Kier molecular flexibility index (Phi) is 9.19. The number of unbranched alkanes of at least 4 members (excludes halogenated alkanes) is 1. The Morgan fingerprint density at radius 1 is 0.867 bits per heavy atom. The van der Waals surface area contributed by atoms with Gasteiger partial charge in [0.1, 0.15) is 42.7 Å². The van der Waals surface area contributed by atoms with Crippen LogP contribution in [-0.4, -0.2) is 116 Å². The van der Waals surface area contributed by atoms with Crippen molar-refractivity contribution in [2.45, 2.75) is 94.0 Å². The first-order valence-corrected chi connectivity index (χ1v) is 9.87. The molecule has 0 aromatic rings. The second-order valence-electron chi connectivity index (χ2n) is 7.29. The summed E-state index contributed by atoms with van der Waals surface area (Å²) in [6.45, 7) is 0.440. The fourth-order valence-electron chi connectivity index (χ4n) is 3.22. The van der Waals surface area contributed by atoms with Crippen molar-refractivity contribution < 1.29 is 60.9 Å². The maximum absolute atomic E-state index is 12.3. The second kappa shape index (κ2) is 11.6. The minimum Gasteiger partial charge on any atom is -0.433 e. The van der Waals surface area contributed by atoms with E-state index in [2.05, 4.69) is 0 Å². The summed E-state index contributed by atoms with van der Waals surface area (Å²) in [4.78, 5) is 12.3. The number of rotatable bonds is 9. The molecule has 30 heavy (non-hydrogen) atoms. The van der Waals surface area contributed by atoms with Crippen LogP contribution in [0.4, 0.5) is 0 Å². The average Bonchev–Trinajstić information content (AvgIpc) is 2.76. The van der Waals surface area contributed by atoms with Gasteiger partial charge in [-0.1, -0.05) is 19.8 Å². The highest BCUT2D eigenvalue weighted by Gasteiger charge is 2.51. The van der Waals surface area contributed by atoms with Crippen LogP contribution in [0.5, 0.6) is 0 Å². The lowest BCUT2D eigenvalue weighted by molar-refractivity contribution is -0.362. The summed E-state index contributed by atoms with van der Waals surface area (Å²) < 4.78 is 29.0. The maximum Gasteiger partial charge on any atom is 0.308 e. The van der Waals surface area contributed by atoms with Gasteiger partial charge in [0.15, 0.2) is 12.4 Å². The lowest BCUT2D eigenvalue weighted by Gasteiger charge is -2.45. The molecule has 176 valence electrons. The minimum atomic E-state index is -1.82. The molecule has 2 fully saturated rings. The van der Waals surface area contributed by atoms with Crippen molar-refractivity contribution in [3.8, 4) is 0 Å². The summed E-state index contributed by atoms with van der Waals surface area (Å²) in [6, 6.07) is 0. The highest BCUT2D eigenvalue weighted by molar-refractivity contribution is 5.69. The van der Waals surface area contributed by atoms with Crippen molar-refractivity contribution in [3.63, 3.8) is 0 Å². The predicted molar refractivity (Wildman–Crippen MR) is 96.6 cm³/mol.